The molecule has 1 aliphatic rings. The van der Waals surface area contributed by atoms with Crippen LogP contribution in [-0.4, -0.2) is 42.7 Å². The van der Waals surface area contributed by atoms with Gasteiger partial charge in [-0.05, 0) is 32.0 Å². The van der Waals surface area contributed by atoms with Gasteiger partial charge in [0.2, 0.25) is 0 Å². The van der Waals surface area contributed by atoms with Crippen LogP contribution in [0.15, 0.2) is 0 Å². The molecule has 86 valence electrons. The van der Waals surface area contributed by atoms with Crippen LogP contribution >= 0.6 is 12.2 Å². The standard InChI is InChI=1S/C10H18N2O2S/c1-3-14-9(13)8-5-4-6-12(7-8)10(15)11-2/h8H,3-7H2,1-2H3,(H,11,15)/t8-/m1/s1. The SMILES string of the molecule is CCOC(=O)[C@@H]1CCCN(C(=S)NC)C1. The third-order valence-corrected chi connectivity index (χ3v) is 3.00. The molecule has 0 aromatic carbocycles. The van der Waals surface area contributed by atoms with Crippen LogP contribution in [-0.2, 0) is 9.53 Å². The highest BCUT2D eigenvalue weighted by Crippen LogP contribution is 2.17. The van der Waals surface area contributed by atoms with Gasteiger partial charge in [-0.2, -0.15) is 0 Å². The first-order chi connectivity index (χ1) is 7.19. The zero-order chi connectivity index (χ0) is 11.3. The molecule has 0 saturated carbocycles. The highest BCUT2D eigenvalue weighted by atomic mass is 32.1. The van der Waals surface area contributed by atoms with Gasteiger partial charge in [0, 0.05) is 20.1 Å². The molecule has 0 aromatic rings. The summed E-state index contributed by atoms with van der Waals surface area (Å²) >= 11 is 5.14. The quantitative estimate of drug-likeness (QED) is 0.560. The lowest BCUT2D eigenvalue weighted by Crippen LogP contribution is -2.46. The van der Waals surface area contributed by atoms with E-state index in [-0.39, 0.29) is 11.9 Å². The number of nitrogens with zero attached hydrogens (tertiary/aromatic N) is 1. The first kappa shape index (κ1) is 12.2. The van der Waals surface area contributed by atoms with Crippen LogP contribution < -0.4 is 5.32 Å². The Morgan fingerprint density at radius 3 is 3.00 bits per heavy atom. The van der Waals surface area contributed by atoms with Gasteiger partial charge in [0.15, 0.2) is 5.11 Å². The molecule has 0 aromatic heterocycles. The van der Waals surface area contributed by atoms with E-state index in [1.807, 2.05) is 11.8 Å². The summed E-state index contributed by atoms with van der Waals surface area (Å²) in [6.07, 6.45) is 1.90. The van der Waals surface area contributed by atoms with Gasteiger partial charge >= 0.3 is 5.97 Å². The van der Waals surface area contributed by atoms with Gasteiger partial charge in [-0.1, -0.05) is 0 Å². The highest BCUT2D eigenvalue weighted by molar-refractivity contribution is 7.80. The minimum Gasteiger partial charge on any atom is -0.466 e. The number of hydrogen-bond acceptors (Lipinski definition) is 3. The average Bonchev–Trinajstić information content (AvgIpc) is 2.28. The lowest BCUT2D eigenvalue weighted by atomic mass is 9.98. The molecule has 0 bridgehead atoms. The molecule has 0 amide bonds. The van der Waals surface area contributed by atoms with E-state index in [0.29, 0.717) is 18.3 Å². The van der Waals surface area contributed by atoms with Gasteiger partial charge in [-0.25, -0.2) is 0 Å². The molecule has 4 nitrogen and oxygen atoms in total. The maximum absolute atomic E-state index is 11.5. The minimum atomic E-state index is -0.0962. The molecular formula is C10H18N2O2S. The largest absolute Gasteiger partial charge is 0.466 e. The van der Waals surface area contributed by atoms with E-state index in [0.717, 1.165) is 19.4 Å². The van der Waals surface area contributed by atoms with Gasteiger partial charge in [0.05, 0.1) is 12.5 Å². The summed E-state index contributed by atoms with van der Waals surface area (Å²) in [4.78, 5) is 13.6. The summed E-state index contributed by atoms with van der Waals surface area (Å²) in [6.45, 7) is 3.89. The third-order valence-electron chi connectivity index (χ3n) is 2.54. The molecule has 1 saturated heterocycles. The molecule has 0 unspecified atom stereocenters. The topological polar surface area (TPSA) is 41.6 Å². The Kier molecular flexibility index (Phi) is 4.81. The molecular weight excluding hydrogens is 212 g/mol. The van der Waals surface area contributed by atoms with Crippen LogP contribution in [0.3, 0.4) is 0 Å². The highest BCUT2D eigenvalue weighted by Gasteiger charge is 2.27. The second-order valence-corrected chi connectivity index (χ2v) is 3.98. The lowest BCUT2D eigenvalue weighted by Gasteiger charge is -2.32. The van der Waals surface area contributed by atoms with Crippen molar-refractivity contribution in [2.45, 2.75) is 19.8 Å². The fourth-order valence-corrected chi connectivity index (χ4v) is 1.94. The van der Waals surface area contributed by atoms with Crippen molar-refractivity contribution in [2.24, 2.45) is 5.92 Å². The van der Waals surface area contributed by atoms with E-state index >= 15 is 0 Å². The van der Waals surface area contributed by atoms with Crippen molar-refractivity contribution in [3.05, 3.63) is 0 Å². The molecule has 1 atom stereocenters. The van der Waals surface area contributed by atoms with E-state index < -0.39 is 0 Å². The van der Waals surface area contributed by atoms with Crippen LogP contribution in [0.2, 0.25) is 0 Å². The summed E-state index contributed by atoms with van der Waals surface area (Å²) in [5.74, 6) is -0.119. The van der Waals surface area contributed by atoms with Crippen molar-refractivity contribution in [2.75, 3.05) is 26.7 Å². The monoisotopic (exact) mass is 230 g/mol. The fourth-order valence-electron chi connectivity index (χ4n) is 1.77. The van der Waals surface area contributed by atoms with Crippen LogP contribution in [0, 0.1) is 5.92 Å². The number of likely N-dealkylation sites (tertiary alicyclic amines) is 1. The predicted molar refractivity (Wildman–Crippen MR) is 62.6 cm³/mol. The Balaban J connectivity index is 2.48. The Morgan fingerprint density at radius 2 is 2.40 bits per heavy atom. The molecule has 15 heavy (non-hydrogen) atoms. The zero-order valence-electron chi connectivity index (χ0n) is 9.28. The summed E-state index contributed by atoms with van der Waals surface area (Å²) < 4.78 is 5.01. The van der Waals surface area contributed by atoms with Crippen LogP contribution in [0.1, 0.15) is 19.8 Å². The Morgan fingerprint density at radius 1 is 1.67 bits per heavy atom. The molecule has 0 spiro atoms. The van der Waals surface area contributed by atoms with Crippen molar-refractivity contribution in [3.8, 4) is 0 Å². The Hall–Kier alpha value is -0.840. The number of esters is 1. The van der Waals surface area contributed by atoms with Gasteiger partial charge in [0.1, 0.15) is 0 Å². The van der Waals surface area contributed by atoms with Gasteiger partial charge in [-0.3, -0.25) is 4.79 Å². The molecule has 1 aliphatic heterocycles. The van der Waals surface area contributed by atoms with Crippen molar-refractivity contribution < 1.29 is 9.53 Å². The van der Waals surface area contributed by atoms with Crippen molar-refractivity contribution in [1.29, 1.82) is 0 Å². The summed E-state index contributed by atoms with van der Waals surface area (Å²) in [7, 11) is 1.80. The maximum Gasteiger partial charge on any atom is 0.310 e. The summed E-state index contributed by atoms with van der Waals surface area (Å²) in [5, 5.41) is 3.64. The molecule has 0 aliphatic carbocycles. The first-order valence-electron chi connectivity index (χ1n) is 5.32. The smallest absolute Gasteiger partial charge is 0.310 e. The van der Waals surface area contributed by atoms with Crippen molar-refractivity contribution in [1.82, 2.24) is 10.2 Å². The molecule has 0 radical (unpaired) electrons. The van der Waals surface area contributed by atoms with E-state index in [1.54, 1.807) is 7.05 Å². The molecule has 1 heterocycles. The van der Waals surface area contributed by atoms with Crippen molar-refractivity contribution >= 4 is 23.3 Å². The number of thiocarbonyl (C=S) groups is 1. The number of hydrogen-bond donors (Lipinski definition) is 1. The van der Waals surface area contributed by atoms with E-state index in [9.17, 15) is 4.79 Å². The van der Waals surface area contributed by atoms with Gasteiger partial charge in [0.25, 0.3) is 0 Å². The van der Waals surface area contributed by atoms with E-state index in [1.165, 1.54) is 0 Å². The number of ether oxygens (including phenoxy) is 1. The van der Waals surface area contributed by atoms with Gasteiger partial charge in [-0.15, -0.1) is 0 Å². The normalized spacial score (nSPS) is 20.9. The van der Waals surface area contributed by atoms with Crippen molar-refractivity contribution in [3.63, 3.8) is 0 Å². The number of piperidine rings is 1. The Bertz CT molecular complexity index is 246. The molecule has 1 rings (SSSR count). The average molecular weight is 230 g/mol. The fraction of sp³-hybridized carbons (Fsp3) is 0.800. The second-order valence-electron chi connectivity index (χ2n) is 3.59. The predicted octanol–water partition coefficient (Wildman–Crippen LogP) is 0.766. The number of rotatable bonds is 2. The van der Waals surface area contributed by atoms with Crippen LogP contribution in [0.25, 0.3) is 0 Å². The third kappa shape index (κ3) is 3.34. The molecule has 1 fully saturated rings. The van der Waals surface area contributed by atoms with Crippen LogP contribution in [0.4, 0.5) is 0 Å². The van der Waals surface area contributed by atoms with E-state index in [2.05, 4.69) is 5.32 Å². The maximum atomic E-state index is 11.5. The minimum absolute atomic E-state index is 0.0231. The number of carbonyl (C=O) groups excluding carboxylic acids is 1. The molecule has 1 N–H and O–H groups in total. The zero-order valence-corrected chi connectivity index (χ0v) is 10.1. The van der Waals surface area contributed by atoms with E-state index in [4.69, 9.17) is 17.0 Å². The van der Waals surface area contributed by atoms with Crippen LogP contribution in [0.5, 0.6) is 0 Å². The second kappa shape index (κ2) is 5.90. The summed E-state index contributed by atoms with van der Waals surface area (Å²) in [6, 6.07) is 0. The Labute approximate surface area is 96.0 Å². The van der Waals surface area contributed by atoms with Gasteiger partial charge < -0.3 is 15.0 Å². The number of carbonyl (C=O) groups is 1. The summed E-state index contributed by atoms with van der Waals surface area (Å²) in [5.41, 5.74) is 0. The first-order valence-corrected chi connectivity index (χ1v) is 5.73. The molecule has 5 heteroatoms. The lowest BCUT2D eigenvalue weighted by molar-refractivity contribution is -0.149. The number of nitrogens with one attached hydrogen (secondary N) is 1.